The molecule has 0 spiro atoms. The minimum Gasteiger partial charge on any atom is -0.318 e. The van der Waals surface area contributed by atoms with Gasteiger partial charge in [-0.05, 0) is 41.3 Å². The molecule has 25 heavy (non-hydrogen) atoms. The molecule has 1 aromatic carbocycles. The van der Waals surface area contributed by atoms with Crippen molar-refractivity contribution in [3.63, 3.8) is 0 Å². The maximum absolute atomic E-state index is 6.46. The third kappa shape index (κ3) is 3.45. The average Bonchev–Trinajstić information content (AvgIpc) is 2.68. The molecular weight excluding hydrogens is 308 g/mol. The molecule has 3 aromatic rings. The van der Waals surface area contributed by atoms with Gasteiger partial charge in [-0.25, -0.2) is 0 Å². The van der Waals surface area contributed by atoms with Crippen LogP contribution in [-0.2, 0) is 19.5 Å². The molecule has 0 amide bonds. The Balaban J connectivity index is 1.56. The van der Waals surface area contributed by atoms with Crippen LogP contribution in [0.2, 0.25) is 0 Å². The highest BCUT2D eigenvalue weighted by molar-refractivity contribution is 5.37. The Labute approximate surface area is 148 Å². The zero-order chi connectivity index (χ0) is 17.1. The summed E-state index contributed by atoms with van der Waals surface area (Å²) in [6, 6.07) is 18.3. The zero-order valence-corrected chi connectivity index (χ0v) is 14.2. The summed E-state index contributed by atoms with van der Waals surface area (Å²) in [5, 5.41) is 0. The van der Waals surface area contributed by atoms with E-state index < -0.39 is 0 Å². The van der Waals surface area contributed by atoms with Crippen molar-refractivity contribution in [3.05, 3.63) is 95.1 Å². The van der Waals surface area contributed by atoms with Crippen molar-refractivity contribution in [3.8, 4) is 0 Å². The molecule has 1 aliphatic heterocycles. The molecular formula is C21H22N4. The van der Waals surface area contributed by atoms with Gasteiger partial charge in [0, 0.05) is 32.0 Å². The second-order valence-electron chi connectivity index (χ2n) is 6.51. The van der Waals surface area contributed by atoms with Gasteiger partial charge < -0.3 is 5.73 Å². The number of nitrogens with zero attached hydrogens (tertiary/aromatic N) is 3. The lowest BCUT2D eigenvalue weighted by Crippen LogP contribution is -2.32. The molecule has 1 unspecified atom stereocenters. The maximum atomic E-state index is 6.46. The predicted molar refractivity (Wildman–Crippen MR) is 98.8 cm³/mol. The Morgan fingerprint density at radius 1 is 0.960 bits per heavy atom. The number of benzene rings is 1. The van der Waals surface area contributed by atoms with Crippen LogP contribution in [0.1, 0.15) is 34.1 Å². The van der Waals surface area contributed by atoms with E-state index in [4.69, 9.17) is 5.73 Å². The SMILES string of the molecule is NC(c1ccccn1)c1nccc2c1CCN(Cc1ccccc1)C2. The van der Waals surface area contributed by atoms with Gasteiger partial charge in [-0.3, -0.25) is 14.9 Å². The first-order chi connectivity index (χ1) is 12.3. The van der Waals surface area contributed by atoms with Crippen molar-refractivity contribution in [1.29, 1.82) is 0 Å². The quantitative estimate of drug-likeness (QED) is 0.799. The van der Waals surface area contributed by atoms with Gasteiger partial charge in [-0.15, -0.1) is 0 Å². The standard InChI is InChI=1S/C21H22N4/c22-20(19-8-4-5-11-23-19)21-18-10-13-25(15-17(18)9-12-24-21)14-16-6-2-1-3-7-16/h1-9,11-12,20H,10,13-15,22H2. The number of nitrogens with two attached hydrogens (primary N) is 1. The number of rotatable bonds is 4. The van der Waals surface area contributed by atoms with Gasteiger partial charge in [0.15, 0.2) is 0 Å². The molecule has 0 saturated carbocycles. The van der Waals surface area contributed by atoms with Crippen molar-refractivity contribution in [2.24, 2.45) is 5.73 Å². The van der Waals surface area contributed by atoms with Crippen LogP contribution in [0.25, 0.3) is 0 Å². The lowest BCUT2D eigenvalue weighted by molar-refractivity contribution is 0.244. The van der Waals surface area contributed by atoms with Gasteiger partial charge in [0.2, 0.25) is 0 Å². The molecule has 1 atom stereocenters. The number of aromatic nitrogens is 2. The molecule has 2 N–H and O–H groups in total. The van der Waals surface area contributed by atoms with Gasteiger partial charge in [0.05, 0.1) is 17.4 Å². The van der Waals surface area contributed by atoms with Crippen molar-refractivity contribution >= 4 is 0 Å². The third-order valence-corrected chi connectivity index (χ3v) is 4.81. The molecule has 0 fully saturated rings. The van der Waals surface area contributed by atoms with E-state index in [-0.39, 0.29) is 6.04 Å². The first-order valence-corrected chi connectivity index (χ1v) is 8.71. The summed E-state index contributed by atoms with van der Waals surface area (Å²) in [6.07, 6.45) is 4.64. The van der Waals surface area contributed by atoms with Gasteiger partial charge in [-0.1, -0.05) is 36.4 Å². The van der Waals surface area contributed by atoms with Crippen LogP contribution in [0.5, 0.6) is 0 Å². The maximum Gasteiger partial charge on any atom is 0.0903 e. The molecule has 0 aliphatic carbocycles. The van der Waals surface area contributed by atoms with Gasteiger partial charge in [0.25, 0.3) is 0 Å². The van der Waals surface area contributed by atoms with Crippen LogP contribution in [0.3, 0.4) is 0 Å². The van der Waals surface area contributed by atoms with E-state index in [9.17, 15) is 0 Å². The van der Waals surface area contributed by atoms with Crippen LogP contribution in [0.4, 0.5) is 0 Å². The first kappa shape index (κ1) is 15.9. The molecule has 126 valence electrons. The summed E-state index contributed by atoms with van der Waals surface area (Å²) in [6.45, 7) is 2.94. The minimum atomic E-state index is -0.267. The van der Waals surface area contributed by atoms with Crippen LogP contribution >= 0.6 is 0 Å². The predicted octanol–water partition coefficient (Wildman–Crippen LogP) is 3.08. The van der Waals surface area contributed by atoms with Crippen LogP contribution in [-0.4, -0.2) is 21.4 Å². The largest absolute Gasteiger partial charge is 0.318 e. The molecule has 4 nitrogen and oxygen atoms in total. The summed E-state index contributed by atoms with van der Waals surface area (Å²) in [4.78, 5) is 11.5. The molecule has 4 heteroatoms. The Morgan fingerprint density at radius 3 is 2.60 bits per heavy atom. The third-order valence-electron chi connectivity index (χ3n) is 4.81. The number of hydrogen-bond donors (Lipinski definition) is 1. The molecule has 2 aromatic heterocycles. The summed E-state index contributed by atoms with van der Waals surface area (Å²) in [5.41, 5.74) is 12.3. The highest BCUT2D eigenvalue weighted by Crippen LogP contribution is 2.27. The van der Waals surface area contributed by atoms with E-state index in [2.05, 4.69) is 51.3 Å². The molecule has 1 aliphatic rings. The Hall–Kier alpha value is -2.56. The van der Waals surface area contributed by atoms with E-state index in [1.165, 1.54) is 16.7 Å². The lowest BCUT2D eigenvalue weighted by atomic mass is 9.94. The molecule has 0 bridgehead atoms. The summed E-state index contributed by atoms with van der Waals surface area (Å²) in [7, 11) is 0. The van der Waals surface area contributed by atoms with Crippen molar-refractivity contribution in [1.82, 2.24) is 14.9 Å². The van der Waals surface area contributed by atoms with Gasteiger partial charge >= 0.3 is 0 Å². The summed E-state index contributed by atoms with van der Waals surface area (Å²) < 4.78 is 0. The van der Waals surface area contributed by atoms with Crippen LogP contribution in [0, 0.1) is 0 Å². The topological polar surface area (TPSA) is 55.0 Å². The fourth-order valence-corrected chi connectivity index (χ4v) is 3.52. The Bertz CT molecular complexity index is 833. The Kier molecular flexibility index (Phi) is 4.55. The number of hydrogen-bond acceptors (Lipinski definition) is 4. The van der Waals surface area contributed by atoms with E-state index in [0.717, 1.165) is 37.4 Å². The second-order valence-corrected chi connectivity index (χ2v) is 6.51. The molecule has 0 radical (unpaired) electrons. The normalized spacial score (nSPS) is 15.6. The van der Waals surface area contributed by atoms with E-state index >= 15 is 0 Å². The first-order valence-electron chi connectivity index (χ1n) is 8.71. The fourth-order valence-electron chi connectivity index (χ4n) is 3.52. The van der Waals surface area contributed by atoms with Gasteiger partial charge in [0.1, 0.15) is 0 Å². The van der Waals surface area contributed by atoms with Crippen LogP contribution < -0.4 is 5.73 Å². The van der Waals surface area contributed by atoms with Crippen molar-refractivity contribution < 1.29 is 0 Å². The van der Waals surface area contributed by atoms with Crippen molar-refractivity contribution in [2.45, 2.75) is 25.6 Å². The molecule has 0 saturated heterocycles. The summed E-state index contributed by atoms with van der Waals surface area (Å²) in [5.74, 6) is 0. The highest BCUT2D eigenvalue weighted by Gasteiger charge is 2.23. The van der Waals surface area contributed by atoms with E-state index in [1.54, 1.807) is 6.20 Å². The van der Waals surface area contributed by atoms with Gasteiger partial charge in [-0.2, -0.15) is 0 Å². The lowest BCUT2D eigenvalue weighted by Gasteiger charge is -2.30. The molecule has 4 rings (SSSR count). The average molecular weight is 330 g/mol. The molecule has 3 heterocycles. The number of fused-ring (bicyclic) bond motifs is 1. The minimum absolute atomic E-state index is 0.267. The zero-order valence-electron chi connectivity index (χ0n) is 14.2. The van der Waals surface area contributed by atoms with E-state index in [0.29, 0.717) is 0 Å². The number of pyridine rings is 2. The Morgan fingerprint density at radius 2 is 1.80 bits per heavy atom. The fraction of sp³-hybridized carbons (Fsp3) is 0.238. The summed E-state index contributed by atoms with van der Waals surface area (Å²) >= 11 is 0. The smallest absolute Gasteiger partial charge is 0.0903 e. The monoisotopic (exact) mass is 330 g/mol. The van der Waals surface area contributed by atoms with E-state index in [1.807, 2.05) is 24.4 Å². The van der Waals surface area contributed by atoms with Crippen LogP contribution in [0.15, 0.2) is 67.0 Å². The second kappa shape index (κ2) is 7.13. The van der Waals surface area contributed by atoms with Crippen molar-refractivity contribution in [2.75, 3.05) is 6.54 Å². The highest BCUT2D eigenvalue weighted by atomic mass is 15.1.